The van der Waals surface area contributed by atoms with E-state index in [4.69, 9.17) is 4.74 Å². The Balaban J connectivity index is 1.48. The summed E-state index contributed by atoms with van der Waals surface area (Å²) < 4.78 is 6.42. The van der Waals surface area contributed by atoms with Crippen LogP contribution in [0.4, 0.5) is 0 Å². The Hall–Kier alpha value is -0.900. The number of hydrogen-bond acceptors (Lipinski definition) is 3. The number of rotatable bonds is 2. The normalized spacial score (nSPS) is 52.2. The van der Waals surface area contributed by atoms with E-state index in [1.165, 1.54) is 0 Å². The highest BCUT2D eigenvalue weighted by atomic mass is 16.5. The largest absolute Gasteiger partial charge is 0.374 e. The van der Waals surface area contributed by atoms with Gasteiger partial charge in [0.1, 0.15) is 5.78 Å². The molecule has 25 heavy (non-hydrogen) atoms. The Morgan fingerprint density at radius 3 is 2.56 bits per heavy atom. The number of piperidine rings is 1. The molecule has 4 heteroatoms. The number of Topliss-reactive ketones (excluding diaryl/α,β-unsaturated/α-hetero) is 1. The number of carbonyl (C=O) groups excluding carboxylic acids is 2. The molecular formula is C21H31NO3. The van der Waals surface area contributed by atoms with Crippen LogP contribution < -0.4 is 5.32 Å². The van der Waals surface area contributed by atoms with Gasteiger partial charge in [0.15, 0.2) is 0 Å². The molecule has 1 amide bonds. The van der Waals surface area contributed by atoms with Crippen molar-refractivity contribution in [1.29, 1.82) is 0 Å². The van der Waals surface area contributed by atoms with Crippen LogP contribution in [0.3, 0.4) is 0 Å². The fourth-order valence-electron chi connectivity index (χ4n) is 7.13. The zero-order valence-corrected chi connectivity index (χ0v) is 15.6. The summed E-state index contributed by atoms with van der Waals surface area (Å²) in [7, 11) is 0. The fraction of sp³-hybridized carbons (Fsp3) is 0.905. The van der Waals surface area contributed by atoms with Gasteiger partial charge >= 0.3 is 0 Å². The highest BCUT2D eigenvalue weighted by Gasteiger charge is 2.63. The molecule has 0 bridgehead atoms. The lowest BCUT2D eigenvalue weighted by atomic mass is 9.47. The minimum absolute atomic E-state index is 0.0341. The van der Waals surface area contributed by atoms with E-state index in [0.29, 0.717) is 36.1 Å². The number of carbonyl (C=O) groups is 2. The molecule has 5 aliphatic rings. The average molecular weight is 345 g/mol. The summed E-state index contributed by atoms with van der Waals surface area (Å²) in [5.41, 5.74) is -0.0402. The second-order valence-corrected chi connectivity index (χ2v) is 9.89. The number of amides is 1. The van der Waals surface area contributed by atoms with Crippen LogP contribution in [0.5, 0.6) is 0 Å². The van der Waals surface area contributed by atoms with Crippen molar-refractivity contribution in [2.75, 3.05) is 0 Å². The summed E-state index contributed by atoms with van der Waals surface area (Å²) in [6, 6.07) is 0.250. The molecule has 7 atom stereocenters. The van der Waals surface area contributed by atoms with Gasteiger partial charge in [0.05, 0.1) is 18.6 Å². The minimum atomic E-state index is -0.0743. The van der Waals surface area contributed by atoms with Crippen molar-refractivity contribution < 1.29 is 14.3 Å². The van der Waals surface area contributed by atoms with Gasteiger partial charge in [0, 0.05) is 23.3 Å². The molecule has 0 aromatic rings. The summed E-state index contributed by atoms with van der Waals surface area (Å²) in [4.78, 5) is 24.8. The number of hydrogen-bond donors (Lipinski definition) is 1. The first-order chi connectivity index (χ1) is 11.9. The summed E-state index contributed by atoms with van der Waals surface area (Å²) in [6.45, 7) is 4.62. The Morgan fingerprint density at radius 1 is 1.00 bits per heavy atom. The number of ether oxygens (including phenoxy) is 1. The maximum atomic E-state index is 12.5. The number of nitrogens with one attached hydrogen (secondary N) is 1. The monoisotopic (exact) mass is 345 g/mol. The highest BCUT2D eigenvalue weighted by molar-refractivity contribution is 5.87. The van der Waals surface area contributed by atoms with Crippen LogP contribution >= 0.6 is 0 Å². The summed E-state index contributed by atoms with van der Waals surface area (Å²) in [6.07, 6.45) is 9.51. The molecule has 1 unspecified atom stereocenters. The summed E-state index contributed by atoms with van der Waals surface area (Å²) >= 11 is 0. The smallest absolute Gasteiger partial charge is 0.222 e. The summed E-state index contributed by atoms with van der Waals surface area (Å²) in [5, 5.41) is 3.31. The van der Waals surface area contributed by atoms with Gasteiger partial charge in [-0.2, -0.15) is 0 Å². The third-order valence-corrected chi connectivity index (χ3v) is 8.77. The van der Waals surface area contributed by atoms with E-state index < -0.39 is 0 Å². The Kier molecular flexibility index (Phi) is 3.46. The van der Waals surface area contributed by atoms with Crippen LogP contribution in [0.25, 0.3) is 0 Å². The van der Waals surface area contributed by atoms with Gasteiger partial charge in [0.2, 0.25) is 5.91 Å². The Morgan fingerprint density at radius 2 is 1.80 bits per heavy atom. The second-order valence-electron chi connectivity index (χ2n) is 9.89. The van der Waals surface area contributed by atoms with E-state index in [-0.39, 0.29) is 28.9 Å². The molecule has 0 radical (unpaired) electrons. The highest BCUT2D eigenvalue weighted by Crippen LogP contribution is 2.63. The predicted octanol–water partition coefficient (Wildman–Crippen LogP) is 3.23. The molecule has 0 spiro atoms. The van der Waals surface area contributed by atoms with E-state index in [9.17, 15) is 9.59 Å². The lowest BCUT2D eigenvalue weighted by Crippen LogP contribution is -2.66. The first kappa shape index (κ1) is 16.3. The third kappa shape index (κ3) is 2.22. The van der Waals surface area contributed by atoms with E-state index in [0.717, 1.165) is 51.4 Å². The van der Waals surface area contributed by atoms with Crippen LogP contribution in [0.15, 0.2) is 0 Å². The van der Waals surface area contributed by atoms with Crippen molar-refractivity contribution in [3.63, 3.8) is 0 Å². The molecule has 1 aliphatic heterocycles. The van der Waals surface area contributed by atoms with Gasteiger partial charge in [-0.25, -0.2) is 0 Å². The van der Waals surface area contributed by atoms with Crippen LogP contribution in [0.2, 0.25) is 0 Å². The van der Waals surface area contributed by atoms with E-state index >= 15 is 0 Å². The van der Waals surface area contributed by atoms with Crippen molar-refractivity contribution in [2.45, 2.75) is 89.9 Å². The maximum absolute atomic E-state index is 12.5. The molecular weight excluding hydrogens is 314 g/mol. The second kappa shape index (κ2) is 5.31. The molecule has 1 saturated heterocycles. The number of fused-ring (bicyclic) bond motifs is 5. The minimum Gasteiger partial charge on any atom is -0.374 e. The SMILES string of the molecule is C[C@]12C(OC3CC3)CC(=O)N[C@@H]1CC[C@@H]1[C@@H]2CC[C@]2(C)C(=O)CC[C@@H]12. The van der Waals surface area contributed by atoms with Crippen LogP contribution in [-0.4, -0.2) is 29.9 Å². The van der Waals surface area contributed by atoms with Crippen molar-refractivity contribution in [3.05, 3.63) is 0 Å². The van der Waals surface area contributed by atoms with Crippen LogP contribution in [0.1, 0.15) is 71.6 Å². The molecule has 4 saturated carbocycles. The molecule has 0 aromatic heterocycles. The summed E-state index contributed by atoms with van der Waals surface area (Å²) in [5.74, 6) is 2.44. The van der Waals surface area contributed by atoms with E-state index in [1.54, 1.807) is 0 Å². The van der Waals surface area contributed by atoms with Crippen molar-refractivity contribution in [2.24, 2.45) is 28.6 Å². The molecule has 5 fully saturated rings. The number of ketones is 1. The molecule has 1 heterocycles. The average Bonchev–Trinajstić information content (AvgIpc) is 3.33. The molecule has 138 valence electrons. The van der Waals surface area contributed by atoms with Crippen molar-refractivity contribution in [3.8, 4) is 0 Å². The standard InChI is InChI=1S/C21H31NO3/c1-20-10-9-15-13(14(20)6-8-17(20)23)5-7-16-21(15,2)18(11-19(24)22-16)25-12-3-4-12/h12-16,18H,3-11H2,1-2H3,(H,22,24)/t13-,14-,15-,16+,18?,20-,21+/m0/s1. The third-order valence-electron chi connectivity index (χ3n) is 8.77. The molecule has 1 N–H and O–H groups in total. The maximum Gasteiger partial charge on any atom is 0.222 e. The quantitative estimate of drug-likeness (QED) is 0.836. The first-order valence-corrected chi connectivity index (χ1v) is 10.4. The Labute approximate surface area is 150 Å². The molecule has 5 rings (SSSR count). The van der Waals surface area contributed by atoms with E-state index in [1.807, 2.05) is 0 Å². The topological polar surface area (TPSA) is 55.4 Å². The van der Waals surface area contributed by atoms with Crippen molar-refractivity contribution in [1.82, 2.24) is 5.32 Å². The van der Waals surface area contributed by atoms with Gasteiger partial charge in [-0.3, -0.25) is 9.59 Å². The van der Waals surface area contributed by atoms with Gasteiger partial charge in [-0.1, -0.05) is 13.8 Å². The lowest BCUT2D eigenvalue weighted by molar-refractivity contribution is -0.175. The van der Waals surface area contributed by atoms with Crippen LogP contribution in [0, 0.1) is 28.6 Å². The first-order valence-electron chi connectivity index (χ1n) is 10.4. The zero-order chi connectivity index (χ0) is 17.4. The van der Waals surface area contributed by atoms with Gasteiger partial charge < -0.3 is 10.1 Å². The van der Waals surface area contributed by atoms with Crippen LogP contribution in [-0.2, 0) is 14.3 Å². The predicted molar refractivity (Wildman–Crippen MR) is 93.8 cm³/mol. The van der Waals surface area contributed by atoms with Gasteiger partial charge in [-0.05, 0) is 62.7 Å². The molecule has 4 aliphatic carbocycles. The van der Waals surface area contributed by atoms with Gasteiger partial charge in [-0.15, -0.1) is 0 Å². The van der Waals surface area contributed by atoms with E-state index in [2.05, 4.69) is 19.2 Å². The fourth-order valence-corrected chi connectivity index (χ4v) is 7.13. The van der Waals surface area contributed by atoms with Gasteiger partial charge in [0.25, 0.3) is 0 Å². The Bertz CT molecular complexity index is 614. The zero-order valence-electron chi connectivity index (χ0n) is 15.6. The lowest BCUT2D eigenvalue weighted by Gasteiger charge is -2.61. The molecule has 4 nitrogen and oxygen atoms in total. The van der Waals surface area contributed by atoms with Crippen molar-refractivity contribution >= 4 is 11.7 Å². The molecule has 0 aromatic carbocycles.